The molecule has 0 aromatic heterocycles. The first kappa shape index (κ1) is 16.3. The van der Waals surface area contributed by atoms with E-state index in [1.165, 1.54) is 24.9 Å². The Kier molecular flexibility index (Phi) is 5.21. The molecule has 3 rings (SSSR count). The van der Waals surface area contributed by atoms with Crippen LogP contribution in [0.25, 0.3) is 0 Å². The highest BCUT2D eigenvalue weighted by molar-refractivity contribution is 5.76. The minimum atomic E-state index is 0.105. The second kappa shape index (κ2) is 7.35. The first-order chi connectivity index (χ1) is 11.1. The molecule has 1 saturated carbocycles. The average molecular weight is 316 g/mol. The first-order valence-electron chi connectivity index (χ1n) is 8.82. The second-order valence-corrected chi connectivity index (χ2v) is 7.05. The first-order valence-corrected chi connectivity index (χ1v) is 8.82. The van der Waals surface area contributed by atoms with Gasteiger partial charge in [0.1, 0.15) is 5.75 Å². The summed E-state index contributed by atoms with van der Waals surface area (Å²) in [5.74, 6) is 1.92. The zero-order chi connectivity index (χ0) is 16.2. The van der Waals surface area contributed by atoms with Crippen LogP contribution in [-0.4, -0.2) is 43.1 Å². The molecule has 1 amide bonds. The highest BCUT2D eigenvalue weighted by atomic mass is 16.5. The van der Waals surface area contributed by atoms with E-state index in [2.05, 4.69) is 30.1 Å². The van der Waals surface area contributed by atoms with E-state index in [-0.39, 0.29) is 5.91 Å². The van der Waals surface area contributed by atoms with E-state index in [4.69, 9.17) is 4.74 Å². The molecular weight excluding hydrogens is 288 g/mol. The lowest BCUT2D eigenvalue weighted by Crippen LogP contribution is -2.37. The third kappa shape index (κ3) is 4.71. The predicted octanol–water partition coefficient (Wildman–Crippen LogP) is 2.67. The number of carbonyl (C=O) groups is 1. The van der Waals surface area contributed by atoms with Crippen molar-refractivity contribution in [2.75, 3.05) is 26.2 Å². The van der Waals surface area contributed by atoms with Crippen LogP contribution < -0.4 is 10.1 Å². The molecule has 4 nitrogen and oxygen atoms in total. The maximum Gasteiger partial charge on any atom is 0.223 e. The number of ether oxygens (including phenoxy) is 1. The van der Waals surface area contributed by atoms with Crippen LogP contribution in [0.5, 0.6) is 5.75 Å². The topological polar surface area (TPSA) is 41.6 Å². The molecule has 126 valence electrons. The maximum atomic E-state index is 12.1. The van der Waals surface area contributed by atoms with Gasteiger partial charge in [-0.3, -0.25) is 4.79 Å². The Morgan fingerprint density at radius 3 is 2.91 bits per heavy atom. The fourth-order valence-electron chi connectivity index (χ4n) is 3.22. The van der Waals surface area contributed by atoms with Gasteiger partial charge in [-0.2, -0.15) is 0 Å². The average Bonchev–Trinajstić information content (AvgIpc) is 3.22. The van der Waals surface area contributed by atoms with Crippen molar-refractivity contribution in [2.45, 2.75) is 45.6 Å². The van der Waals surface area contributed by atoms with E-state index in [1.54, 1.807) is 0 Å². The molecule has 23 heavy (non-hydrogen) atoms. The highest BCUT2D eigenvalue weighted by Crippen LogP contribution is 2.30. The maximum absolute atomic E-state index is 12.1. The molecule has 1 atom stereocenters. The van der Waals surface area contributed by atoms with Gasteiger partial charge in [0.25, 0.3) is 0 Å². The van der Waals surface area contributed by atoms with Gasteiger partial charge in [-0.05, 0) is 56.2 Å². The largest absolute Gasteiger partial charge is 0.493 e. The predicted molar refractivity (Wildman–Crippen MR) is 91.7 cm³/mol. The minimum absolute atomic E-state index is 0.105. The lowest BCUT2D eigenvalue weighted by atomic mass is 10.1. The Morgan fingerprint density at radius 1 is 1.30 bits per heavy atom. The Bertz CT molecular complexity index is 554. The van der Waals surface area contributed by atoms with Gasteiger partial charge in [0.15, 0.2) is 0 Å². The lowest BCUT2D eigenvalue weighted by molar-refractivity contribution is -0.122. The molecule has 1 saturated heterocycles. The Morgan fingerprint density at radius 2 is 2.13 bits per heavy atom. The van der Waals surface area contributed by atoms with Crippen LogP contribution in [0.4, 0.5) is 0 Å². The van der Waals surface area contributed by atoms with Crippen molar-refractivity contribution >= 4 is 5.91 Å². The van der Waals surface area contributed by atoms with Crippen LogP contribution in [0, 0.1) is 19.8 Å². The summed E-state index contributed by atoms with van der Waals surface area (Å²) >= 11 is 0. The number of likely N-dealkylation sites (tertiary alicyclic amines) is 1. The van der Waals surface area contributed by atoms with Crippen molar-refractivity contribution in [1.82, 2.24) is 10.2 Å². The van der Waals surface area contributed by atoms with Crippen molar-refractivity contribution in [1.29, 1.82) is 0 Å². The van der Waals surface area contributed by atoms with Crippen molar-refractivity contribution in [3.8, 4) is 5.75 Å². The van der Waals surface area contributed by atoms with Gasteiger partial charge >= 0.3 is 0 Å². The number of nitrogens with zero attached hydrogens (tertiary/aromatic N) is 1. The third-order valence-electron chi connectivity index (χ3n) is 4.99. The van der Waals surface area contributed by atoms with Gasteiger partial charge in [-0.15, -0.1) is 0 Å². The summed E-state index contributed by atoms with van der Waals surface area (Å²) in [6, 6.07) is 6.35. The molecule has 1 aliphatic heterocycles. The zero-order valence-electron chi connectivity index (χ0n) is 14.3. The van der Waals surface area contributed by atoms with Crippen molar-refractivity contribution in [2.24, 2.45) is 5.92 Å². The number of hydrogen-bond donors (Lipinski definition) is 1. The minimum Gasteiger partial charge on any atom is -0.493 e. The van der Waals surface area contributed by atoms with Gasteiger partial charge < -0.3 is 15.0 Å². The highest BCUT2D eigenvalue weighted by Gasteiger charge is 2.29. The molecule has 1 unspecified atom stereocenters. The standard InChI is InChI=1S/C19H28N2O2/c1-14-4-3-5-18(15(14)2)23-11-9-19(22)20-17-8-10-21(13-17)12-16-6-7-16/h3-5,16-17H,6-13H2,1-2H3,(H,20,22). The molecule has 2 fully saturated rings. The molecule has 1 N–H and O–H groups in total. The summed E-state index contributed by atoms with van der Waals surface area (Å²) in [5.41, 5.74) is 2.37. The van der Waals surface area contributed by atoms with Crippen LogP contribution in [0.2, 0.25) is 0 Å². The van der Waals surface area contributed by atoms with Gasteiger partial charge in [0, 0.05) is 25.7 Å². The van der Waals surface area contributed by atoms with Crippen LogP contribution in [0.3, 0.4) is 0 Å². The fourth-order valence-corrected chi connectivity index (χ4v) is 3.22. The SMILES string of the molecule is Cc1cccc(OCCC(=O)NC2CCN(CC3CC3)C2)c1C. The van der Waals surface area contributed by atoms with Crippen molar-refractivity contribution in [3.05, 3.63) is 29.3 Å². The molecule has 1 aromatic carbocycles. The molecule has 1 heterocycles. The lowest BCUT2D eigenvalue weighted by Gasteiger charge is -2.16. The van der Waals surface area contributed by atoms with Crippen molar-refractivity contribution < 1.29 is 9.53 Å². The molecule has 0 bridgehead atoms. The van der Waals surface area contributed by atoms with E-state index in [9.17, 15) is 4.79 Å². The van der Waals surface area contributed by atoms with E-state index in [0.29, 0.717) is 19.1 Å². The Hall–Kier alpha value is -1.55. The van der Waals surface area contributed by atoms with Crippen LogP contribution in [0.15, 0.2) is 18.2 Å². The number of rotatable bonds is 7. The quantitative estimate of drug-likeness (QED) is 0.841. The van der Waals surface area contributed by atoms with E-state index in [0.717, 1.165) is 36.7 Å². The number of nitrogens with one attached hydrogen (secondary N) is 1. The fraction of sp³-hybridized carbons (Fsp3) is 0.632. The zero-order valence-corrected chi connectivity index (χ0v) is 14.3. The van der Waals surface area contributed by atoms with Gasteiger partial charge in [0.2, 0.25) is 5.91 Å². The number of carbonyl (C=O) groups excluding carboxylic acids is 1. The summed E-state index contributed by atoms with van der Waals surface area (Å²) in [7, 11) is 0. The summed E-state index contributed by atoms with van der Waals surface area (Å²) < 4.78 is 5.76. The third-order valence-corrected chi connectivity index (χ3v) is 4.99. The molecule has 2 aliphatic rings. The summed E-state index contributed by atoms with van der Waals surface area (Å²) in [6.07, 6.45) is 4.29. The van der Waals surface area contributed by atoms with Gasteiger partial charge in [-0.25, -0.2) is 0 Å². The molecular formula is C19H28N2O2. The molecule has 4 heteroatoms. The monoisotopic (exact) mass is 316 g/mol. The smallest absolute Gasteiger partial charge is 0.223 e. The summed E-state index contributed by atoms with van der Waals surface area (Å²) in [6.45, 7) is 7.93. The van der Waals surface area contributed by atoms with Crippen molar-refractivity contribution in [3.63, 3.8) is 0 Å². The molecule has 1 aliphatic carbocycles. The van der Waals surface area contributed by atoms with Crippen LogP contribution >= 0.6 is 0 Å². The normalized spacial score (nSPS) is 21.4. The summed E-state index contributed by atoms with van der Waals surface area (Å²) in [4.78, 5) is 14.6. The van der Waals surface area contributed by atoms with E-state index in [1.807, 2.05) is 12.1 Å². The number of amides is 1. The second-order valence-electron chi connectivity index (χ2n) is 7.05. The molecule has 0 radical (unpaired) electrons. The van der Waals surface area contributed by atoms with Crippen LogP contribution in [0.1, 0.15) is 36.8 Å². The number of hydrogen-bond acceptors (Lipinski definition) is 3. The molecule has 0 spiro atoms. The summed E-state index contributed by atoms with van der Waals surface area (Å²) in [5, 5.41) is 3.15. The Balaban J connectivity index is 1.35. The van der Waals surface area contributed by atoms with Gasteiger partial charge in [-0.1, -0.05) is 12.1 Å². The molecule has 1 aromatic rings. The van der Waals surface area contributed by atoms with Gasteiger partial charge in [0.05, 0.1) is 13.0 Å². The number of benzene rings is 1. The Labute approximate surface area is 139 Å². The van der Waals surface area contributed by atoms with E-state index >= 15 is 0 Å². The van der Waals surface area contributed by atoms with Crippen LogP contribution in [-0.2, 0) is 4.79 Å². The number of aryl methyl sites for hydroxylation is 1. The van der Waals surface area contributed by atoms with E-state index < -0.39 is 0 Å².